The van der Waals surface area contributed by atoms with Gasteiger partial charge in [0, 0.05) is 25.1 Å². The van der Waals surface area contributed by atoms with Gasteiger partial charge in [0.2, 0.25) is 11.8 Å². The van der Waals surface area contributed by atoms with Gasteiger partial charge < -0.3 is 19.7 Å². The molecule has 0 aromatic heterocycles. The van der Waals surface area contributed by atoms with Crippen molar-refractivity contribution in [2.75, 3.05) is 25.1 Å². The molecule has 1 aliphatic carbocycles. The van der Waals surface area contributed by atoms with E-state index in [1.807, 2.05) is 68.4 Å². The van der Waals surface area contributed by atoms with Crippen molar-refractivity contribution in [2.45, 2.75) is 69.5 Å². The maximum absolute atomic E-state index is 14.8. The molecule has 4 aromatic carbocycles. The molecule has 1 saturated carbocycles. The predicted octanol–water partition coefficient (Wildman–Crippen LogP) is 6.21. The van der Waals surface area contributed by atoms with Crippen LogP contribution in [0.15, 0.2) is 102 Å². The van der Waals surface area contributed by atoms with E-state index in [9.17, 15) is 18.0 Å². The highest BCUT2D eigenvalue weighted by Crippen LogP contribution is 2.34. The Kier molecular flexibility index (Phi) is 11.6. The summed E-state index contributed by atoms with van der Waals surface area (Å²) >= 11 is 0. The molecule has 0 bridgehead atoms. The number of amides is 2. The number of carbonyl (C=O) groups is 2. The fraction of sp³-hybridized carbons (Fsp3) is 0.333. The molecular weight excluding hydrogens is 639 g/mol. The quantitative estimate of drug-likeness (QED) is 0.169. The van der Waals surface area contributed by atoms with Crippen LogP contribution < -0.4 is 19.1 Å². The Bertz CT molecular complexity index is 1840. The molecule has 4 aromatic rings. The van der Waals surface area contributed by atoms with Gasteiger partial charge in [0.1, 0.15) is 12.6 Å². The molecule has 1 atom stereocenters. The third-order valence-electron chi connectivity index (χ3n) is 9.12. The molecular formula is C39H45N3O6S. The van der Waals surface area contributed by atoms with Gasteiger partial charge in [-0.2, -0.15) is 0 Å². The second kappa shape index (κ2) is 16.0. The second-order valence-corrected chi connectivity index (χ2v) is 14.4. The van der Waals surface area contributed by atoms with Crippen LogP contribution in [0.3, 0.4) is 0 Å². The van der Waals surface area contributed by atoms with Gasteiger partial charge in [0.15, 0.2) is 11.5 Å². The topological polar surface area (TPSA) is 105 Å². The van der Waals surface area contributed by atoms with Gasteiger partial charge in [-0.1, -0.05) is 85.1 Å². The van der Waals surface area contributed by atoms with Gasteiger partial charge in [-0.05, 0) is 67.6 Å². The van der Waals surface area contributed by atoms with Gasteiger partial charge in [-0.3, -0.25) is 13.9 Å². The summed E-state index contributed by atoms with van der Waals surface area (Å²) in [5.41, 5.74) is 3.83. The first-order valence-electron chi connectivity index (χ1n) is 16.6. The number of aryl methyl sites for hydroxylation is 2. The monoisotopic (exact) mass is 683 g/mol. The highest BCUT2D eigenvalue weighted by Gasteiger charge is 2.36. The first-order valence-corrected chi connectivity index (χ1v) is 18.0. The molecule has 49 heavy (non-hydrogen) atoms. The third kappa shape index (κ3) is 8.61. The lowest BCUT2D eigenvalue weighted by atomic mass is 10.0. The third-order valence-corrected chi connectivity index (χ3v) is 10.9. The molecule has 9 nitrogen and oxygen atoms in total. The van der Waals surface area contributed by atoms with Crippen LogP contribution in [0, 0.1) is 13.8 Å². The van der Waals surface area contributed by atoms with E-state index in [1.165, 1.54) is 37.3 Å². The molecule has 0 radical (unpaired) electrons. The number of rotatable bonds is 14. The summed E-state index contributed by atoms with van der Waals surface area (Å²) in [5, 5.41) is 3.21. The number of benzene rings is 4. The first kappa shape index (κ1) is 35.5. The summed E-state index contributed by atoms with van der Waals surface area (Å²) < 4.78 is 40.8. The Morgan fingerprint density at radius 3 is 2.14 bits per heavy atom. The number of sulfonamides is 1. The lowest BCUT2D eigenvalue weighted by molar-refractivity contribution is -0.140. The summed E-state index contributed by atoms with van der Waals surface area (Å²) in [6, 6.07) is 27.7. The van der Waals surface area contributed by atoms with Crippen LogP contribution in [-0.4, -0.2) is 58.0 Å². The molecule has 258 valence electrons. The van der Waals surface area contributed by atoms with E-state index in [0.29, 0.717) is 11.5 Å². The fourth-order valence-corrected chi connectivity index (χ4v) is 7.64. The zero-order valence-electron chi connectivity index (χ0n) is 28.6. The molecule has 1 aliphatic rings. The smallest absolute Gasteiger partial charge is 0.264 e. The lowest BCUT2D eigenvalue weighted by Gasteiger charge is -2.34. The van der Waals surface area contributed by atoms with Gasteiger partial charge in [-0.25, -0.2) is 8.42 Å². The number of methoxy groups -OCH3 is 2. The number of carbonyl (C=O) groups excluding carboxylic acids is 2. The minimum Gasteiger partial charge on any atom is -0.493 e. The Morgan fingerprint density at radius 2 is 1.49 bits per heavy atom. The van der Waals surface area contributed by atoms with E-state index < -0.39 is 28.5 Å². The van der Waals surface area contributed by atoms with Crippen LogP contribution in [0.5, 0.6) is 11.5 Å². The van der Waals surface area contributed by atoms with Crippen LogP contribution in [0.25, 0.3) is 0 Å². The minimum atomic E-state index is -4.26. The standard InChI is InChI=1S/C39H45N3O6S/c1-28-18-21-34(22-19-28)49(45,46)42(33-20-23-36(47-3)37(25-33)48-4)27-38(43)41(26-31-15-9-8-12-29(31)2)35(24-30-13-6-5-7-14-30)39(44)40-32-16-10-11-17-32/h5-9,12-15,18-23,25,32,35H,10-11,16-17,24,26-27H2,1-4H3,(H,40,44). The van der Waals surface area contributed by atoms with Crippen LogP contribution in [0.1, 0.15) is 47.9 Å². The molecule has 2 amide bonds. The van der Waals surface area contributed by atoms with Crippen molar-refractivity contribution >= 4 is 27.5 Å². The van der Waals surface area contributed by atoms with Gasteiger partial charge in [0.25, 0.3) is 10.0 Å². The van der Waals surface area contributed by atoms with Crippen LogP contribution in [0.4, 0.5) is 5.69 Å². The average Bonchev–Trinajstić information content (AvgIpc) is 3.62. The molecule has 1 fully saturated rings. The Hall–Kier alpha value is -4.83. The highest BCUT2D eigenvalue weighted by molar-refractivity contribution is 7.92. The number of hydrogen-bond acceptors (Lipinski definition) is 6. The molecule has 5 rings (SSSR count). The summed E-state index contributed by atoms with van der Waals surface area (Å²) in [4.78, 5) is 30.6. The number of nitrogens with one attached hydrogen (secondary N) is 1. The molecule has 0 aliphatic heterocycles. The van der Waals surface area contributed by atoms with Crippen LogP contribution in [-0.2, 0) is 32.6 Å². The van der Waals surface area contributed by atoms with E-state index in [4.69, 9.17) is 9.47 Å². The lowest BCUT2D eigenvalue weighted by Crippen LogP contribution is -2.54. The molecule has 1 N–H and O–H groups in total. The zero-order valence-corrected chi connectivity index (χ0v) is 29.4. The summed E-state index contributed by atoms with van der Waals surface area (Å²) in [7, 11) is -1.30. The summed E-state index contributed by atoms with van der Waals surface area (Å²) in [6.07, 6.45) is 4.11. The Balaban J connectivity index is 1.60. The van der Waals surface area contributed by atoms with E-state index in [0.717, 1.165) is 52.2 Å². The molecule has 1 unspecified atom stereocenters. The molecule has 0 heterocycles. The van der Waals surface area contributed by atoms with Crippen molar-refractivity contribution in [3.05, 3.63) is 119 Å². The van der Waals surface area contributed by atoms with Crippen molar-refractivity contribution in [1.29, 1.82) is 0 Å². The minimum absolute atomic E-state index is 0.0333. The van der Waals surface area contributed by atoms with Crippen molar-refractivity contribution in [1.82, 2.24) is 10.2 Å². The van der Waals surface area contributed by atoms with Crippen molar-refractivity contribution < 1.29 is 27.5 Å². The summed E-state index contributed by atoms with van der Waals surface area (Å²) in [6.45, 7) is 3.39. The number of hydrogen-bond donors (Lipinski definition) is 1. The van der Waals surface area contributed by atoms with Crippen LogP contribution >= 0.6 is 0 Å². The van der Waals surface area contributed by atoms with Crippen molar-refractivity contribution in [2.24, 2.45) is 0 Å². The van der Waals surface area contributed by atoms with Gasteiger partial charge in [-0.15, -0.1) is 0 Å². The predicted molar refractivity (Wildman–Crippen MR) is 191 cm³/mol. The maximum atomic E-state index is 14.8. The van der Waals surface area contributed by atoms with Gasteiger partial charge in [0.05, 0.1) is 24.8 Å². The SMILES string of the molecule is COc1ccc(N(CC(=O)N(Cc2ccccc2C)C(Cc2ccccc2)C(=O)NC2CCCC2)S(=O)(=O)c2ccc(C)cc2)cc1OC. The maximum Gasteiger partial charge on any atom is 0.264 e. The largest absolute Gasteiger partial charge is 0.493 e. The Morgan fingerprint density at radius 1 is 0.837 bits per heavy atom. The van der Waals surface area contributed by atoms with E-state index in [2.05, 4.69) is 5.32 Å². The highest BCUT2D eigenvalue weighted by atomic mass is 32.2. The molecule has 0 spiro atoms. The first-order chi connectivity index (χ1) is 23.6. The van der Waals surface area contributed by atoms with Crippen LogP contribution in [0.2, 0.25) is 0 Å². The zero-order chi connectivity index (χ0) is 35.0. The van der Waals surface area contributed by atoms with E-state index in [1.54, 1.807) is 24.3 Å². The molecule has 0 saturated heterocycles. The fourth-order valence-electron chi connectivity index (χ4n) is 6.24. The normalized spacial score (nSPS) is 13.8. The molecule has 10 heteroatoms. The van der Waals surface area contributed by atoms with Crippen molar-refractivity contribution in [3.8, 4) is 11.5 Å². The van der Waals surface area contributed by atoms with E-state index >= 15 is 0 Å². The van der Waals surface area contributed by atoms with E-state index in [-0.39, 0.29) is 35.5 Å². The van der Waals surface area contributed by atoms with Gasteiger partial charge >= 0.3 is 0 Å². The average molecular weight is 684 g/mol. The number of anilines is 1. The Labute approximate surface area is 289 Å². The van der Waals surface area contributed by atoms with Crippen molar-refractivity contribution in [3.63, 3.8) is 0 Å². The summed E-state index contributed by atoms with van der Waals surface area (Å²) in [5.74, 6) is -0.0443. The number of ether oxygens (including phenoxy) is 2. The number of nitrogens with zero attached hydrogens (tertiary/aromatic N) is 2. The second-order valence-electron chi connectivity index (χ2n) is 12.5.